The first-order valence-corrected chi connectivity index (χ1v) is 6.96. The van der Waals surface area contributed by atoms with Gasteiger partial charge in [0.15, 0.2) is 9.84 Å². The van der Waals surface area contributed by atoms with Crippen LogP contribution in [-0.4, -0.2) is 19.4 Å². The molecule has 1 saturated heterocycles. The molecule has 3 nitrogen and oxygen atoms in total. The topological polar surface area (TPSA) is 60.2 Å². The number of nitrogens with two attached hydrogens (primary N) is 1. The van der Waals surface area contributed by atoms with E-state index in [9.17, 15) is 12.8 Å². The van der Waals surface area contributed by atoms with Crippen molar-refractivity contribution in [2.45, 2.75) is 24.5 Å². The Hall–Kier alpha value is -1.10. The third kappa shape index (κ3) is 2.19. The van der Waals surface area contributed by atoms with Crippen LogP contribution in [0.3, 0.4) is 0 Å². The molecular weight excluding hydrogens is 229 g/mol. The van der Waals surface area contributed by atoms with Gasteiger partial charge in [-0.15, -0.1) is 0 Å². The first kappa shape index (κ1) is 11.4. The zero-order valence-electron chi connectivity index (χ0n) is 8.82. The lowest BCUT2D eigenvalue weighted by molar-refractivity contribution is 0.588. The molecule has 2 N–H and O–H groups in total. The van der Waals surface area contributed by atoms with Gasteiger partial charge in [-0.2, -0.15) is 0 Å². The molecule has 1 heterocycles. The summed E-state index contributed by atoms with van der Waals surface area (Å²) in [7, 11) is -2.96. The summed E-state index contributed by atoms with van der Waals surface area (Å²) in [6.45, 7) is 0. The maximum Gasteiger partial charge on any atom is 0.153 e. The van der Waals surface area contributed by atoms with Crippen molar-refractivity contribution in [2.75, 3.05) is 11.5 Å². The van der Waals surface area contributed by atoms with Crippen molar-refractivity contribution < 1.29 is 12.8 Å². The van der Waals surface area contributed by atoms with Crippen molar-refractivity contribution >= 4 is 15.5 Å². The maximum atomic E-state index is 12.8. The largest absolute Gasteiger partial charge is 0.398 e. The number of anilines is 1. The molecule has 0 spiro atoms. The average Bonchev–Trinajstić information content (AvgIpc) is 2.50. The lowest BCUT2D eigenvalue weighted by Gasteiger charge is -2.11. The Labute approximate surface area is 94.4 Å². The van der Waals surface area contributed by atoms with Crippen molar-refractivity contribution in [2.24, 2.45) is 0 Å². The van der Waals surface area contributed by atoms with E-state index in [1.165, 1.54) is 12.1 Å². The summed E-state index contributed by atoms with van der Waals surface area (Å²) in [5.41, 5.74) is 6.71. The van der Waals surface area contributed by atoms with Crippen molar-refractivity contribution in [1.82, 2.24) is 0 Å². The molecule has 0 amide bonds. The highest BCUT2D eigenvalue weighted by molar-refractivity contribution is 7.92. The highest BCUT2D eigenvalue weighted by Gasteiger charge is 2.31. The smallest absolute Gasteiger partial charge is 0.153 e. The number of nitrogen functional groups attached to an aromatic ring is 1. The molecule has 1 aromatic rings. The standard InChI is InChI=1S/C11H14FNO2S/c12-9-4-3-8(11(13)7-9)6-10-2-1-5-16(10,14)15/h3-4,7,10H,1-2,5-6,13H2. The van der Waals surface area contributed by atoms with Crippen molar-refractivity contribution in [3.05, 3.63) is 29.6 Å². The zero-order valence-corrected chi connectivity index (χ0v) is 9.63. The molecule has 0 aliphatic carbocycles. The van der Waals surface area contributed by atoms with Gasteiger partial charge < -0.3 is 5.73 Å². The van der Waals surface area contributed by atoms with E-state index in [2.05, 4.69) is 0 Å². The van der Waals surface area contributed by atoms with Gasteiger partial charge in [0.25, 0.3) is 0 Å². The molecule has 1 fully saturated rings. The van der Waals surface area contributed by atoms with E-state index in [0.29, 0.717) is 24.9 Å². The monoisotopic (exact) mass is 243 g/mol. The molecule has 5 heteroatoms. The van der Waals surface area contributed by atoms with Gasteiger partial charge in [-0.05, 0) is 37.0 Å². The second-order valence-corrected chi connectivity index (χ2v) is 6.58. The summed E-state index contributed by atoms with van der Waals surface area (Å²) in [6, 6.07) is 4.11. The second-order valence-electron chi connectivity index (χ2n) is 4.18. The third-order valence-electron chi connectivity index (χ3n) is 3.02. The number of hydrogen-bond acceptors (Lipinski definition) is 3. The van der Waals surface area contributed by atoms with Crippen LogP contribution in [0.15, 0.2) is 18.2 Å². The molecule has 1 unspecified atom stereocenters. The van der Waals surface area contributed by atoms with Crippen molar-refractivity contribution in [1.29, 1.82) is 0 Å². The number of rotatable bonds is 2. The van der Waals surface area contributed by atoms with E-state index >= 15 is 0 Å². The minimum Gasteiger partial charge on any atom is -0.398 e. The first-order chi connectivity index (χ1) is 7.49. The molecule has 88 valence electrons. The van der Waals surface area contributed by atoms with Gasteiger partial charge in [0.05, 0.1) is 11.0 Å². The van der Waals surface area contributed by atoms with Crippen LogP contribution in [0.4, 0.5) is 10.1 Å². The zero-order chi connectivity index (χ0) is 11.8. The fourth-order valence-corrected chi connectivity index (χ4v) is 3.95. The number of benzene rings is 1. The normalized spacial score (nSPS) is 23.4. The minimum absolute atomic E-state index is 0.263. The van der Waals surface area contributed by atoms with Gasteiger partial charge >= 0.3 is 0 Å². The van der Waals surface area contributed by atoms with E-state index in [0.717, 1.165) is 5.56 Å². The Morgan fingerprint density at radius 1 is 1.44 bits per heavy atom. The molecule has 0 bridgehead atoms. The highest BCUT2D eigenvalue weighted by atomic mass is 32.2. The van der Waals surface area contributed by atoms with Crippen LogP contribution < -0.4 is 5.73 Å². The average molecular weight is 243 g/mol. The van der Waals surface area contributed by atoms with E-state index in [4.69, 9.17) is 5.73 Å². The van der Waals surface area contributed by atoms with Crippen LogP contribution in [0.2, 0.25) is 0 Å². The van der Waals surface area contributed by atoms with Crippen LogP contribution in [0.5, 0.6) is 0 Å². The van der Waals surface area contributed by atoms with E-state index in [1.807, 2.05) is 0 Å². The molecule has 0 radical (unpaired) electrons. The molecule has 1 aromatic carbocycles. The number of hydrogen-bond donors (Lipinski definition) is 1. The second kappa shape index (κ2) is 4.05. The Balaban J connectivity index is 2.21. The molecule has 0 aromatic heterocycles. The summed E-state index contributed by atoms with van der Waals surface area (Å²) < 4.78 is 36.1. The highest BCUT2D eigenvalue weighted by Crippen LogP contribution is 2.26. The van der Waals surface area contributed by atoms with Crippen LogP contribution in [0.25, 0.3) is 0 Å². The maximum absolute atomic E-state index is 12.8. The molecule has 2 rings (SSSR count). The summed E-state index contributed by atoms with van der Waals surface area (Å²) >= 11 is 0. The lowest BCUT2D eigenvalue weighted by atomic mass is 10.1. The molecule has 16 heavy (non-hydrogen) atoms. The number of halogens is 1. The van der Waals surface area contributed by atoms with Crippen LogP contribution in [0, 0.1) is 5.82 Å². The summed E-state index contributed by atoms with van der Waals surface area (Å²) in [4.78, 5) is 0. The van der Waals surface area contributed by atoms with Crippen LogP contribution >= 0.6 is 0 Å². The SMILES string of the molecule is Nc1cc(F)ccc1CC1CCCS1(=O)=O. The summed E-state index contributed by atoms with van der Waals surface area (Å²) in [5.74, 6) is -0.130. The van der Waals surface area contributed by atoms with Crippen molar-refractivity contribution in [3.8, 4) is 0 Å². The van der Waals surface area contributed by atoms with Gasteiger partial charge in [0, 0.05) is 5.69 Å². The minimum atomic E-state index is -2.96. The Bertz CT molecular complexity index is 499. The van der Waals surface area contributed by atoms with Crippen LogP contribution in [0.1, 0.15) is 18.4 Å². The van der Waals surface area contributed by atoms with Gasteiger partial charge in [0.1, 0.15) is 5.82 Å². The van der Waals surface area contributed by atoms with Gasteiger partial charge in [0.2, 0.25) is 0 Å². The predicted molar refractivity (Wildman–Crippen MR) is 61.3 cm³/mol. The number of sulfone groups is 1. The van der Waals surface area contributed by atoms with E-state index < -0.39 is 15.7 Å². The van der Waals surface area contributed by atoms with Gasteiger partial charge in [-0.3, -0.25) is 0 Å². The van der Waals surface area contributed by atoms with E-state index in [1.54, 1.807) is 6.07 Å². The predicted octanol–water partition coefficient (Wildman–Crippen LogP) is 1.53. The molecule has 0 saturated carbocycles. The van der Waals surface area contributed by atoms with Gasteiger partial charge in [-0.25, -0.2) is 12.8 Å². The van der Waals surface area contributed by atoms with Crippen molar-refractivity contribution in [3.63, 3.8) is 0 Å². The Morgan fingerprint density at radius 2 is 2.19 bits per heavy atom. The molecule has 1 aliphatic heterocycles. The third-order valence-corrected chi connectivity index (χ3v) is 5.29. The fourth-order valence-electron chi connectivity index (χ4n) is 2.08. The first-order valence-electron chi connectivity index (χ1n) is 5.24. The molecule has 1 aliphatic rings. The Morgan fingerprint density at radius 3 is 2.75 bits per heavy atom. The summed E-state index contributed by atoms with van der Waals surface area (Å²) in [5, 5.41) is -0.347. The Kier molecular flexibility index (Phi) is 2.88. The quantitative estimate of drug-likeness (QED) is 0.801. The molecule has 1 atom stereocenters. The van der Waals surface area contributed by atoms with Crippen LogP contribution in [-0.2, 0) is 16.3 Å². The van der Waals surface area contributed by atoms with E-state index in [-0.39, 0.29) is 11.0 Å². The fraction of sp³-hybridized carbons (Fsp3) is 0.455. The molecular formula is C11H14FNO2S. The van der Waals surface area contributed by atoms with Gasteiger partial charge in [-0.1, -0.05) is 6.07 Å². The summed E-state index contributed by atoms with van der Waals surface area (Å²) in [6.07, 6.45) is 1.79. The lowest BCUT2D eigenvalue weighted by Crippen LogP contribution is -2.19.